The van der Waals surface area contributed by atoms with E-state index >= 15 is 0 Å². The molecule has 0 radical (unpaired) electrons. The smallest absolute Gasteiger partial charge is 0.255 e. The van der Waals surface area contributed by atoms with Crippen LogP contribution in [0, 0.1) is 0 Å². The van der Waals surface area contributed by atoms with Crippen molar-refractivity contribution in [2.24, 2.45) is 0 Å². The summed E-state index contributed by atoms with van der Waals surface area (Å²) in [6, 6.07) is 9.01. The van der Waals surface area contributed by atoms with E-state index < -0.39 is 0 Å². The number of nitrogens with zero attached hydrogens (tertiary/aromatic N) is 2. The van der Waals surface area contributed by atoms with Gasteiger partial charge >= 0.3 is 0 Å². The van der Waals surface area contributed by atoms with E-state index in [1.54, 1.807) is 42.5 Å². The van der Waals surface area contributed by atoms with Crippen LogP contribution in [-0.2, 0) is 6.54 Å². The summed E-state index contributed by atoms with van der Waals surface area (Å²) in [5, 5.41) is 0.442. The molecule has 0 unspecified atom stereocenters. The zero-order chi connectivity index (χ0) is 13.8. The monoisotopic (exact) mass is 338 g/mol. The largest absolute Gasteiger partial charge is 0.337 e. The van der Waals surface area contributed by atoms with Gasteiger partial charge in [-0.2, -0.15) is 0 Å². The van der Waals surface area contributed by atoms with Gasteiger partial charge in [0.2, 0.25) is 0 Å². The first-order valence-electron chi connectivity index (χ1n) is 5.67. The van der Waals surface area contributed by atoms with Gasteiger partial charge in [0, 0.05) is 30.5 Å². The van der Waals surface area contributed by atoms with Crippen LogP contribution in [0.4, 0.5) is 0 Å². The fourth-order valence-electron chi connectivity index (χ4n) is 1.71. The van der Waals surface area contributed by atoms with Gasteiger partial charge in [-0.15, -0.1) is 0 Å². The van der Waals surface area contributed by atoms with Crippen LogP contribution >= 0.6 is 27.5 Å². The van der Waals surface area contributed by atoms with Gasteiger partial charge in [0.15, 0.2) is 0 Å². The predicted molar refractivity (Wildman–Crippen MR) is 79.2 cm³/mol. The van der Waals surface area contributed by atoms with E-state index in [9.17, 15) is 4.79 Å². The molecule has 1 heterocycles. The molecule has 2 aromatic rings. The second-order valence-electron chi connectivity index (χ2n) is 4.15. The fourth-order valence-corrected chi connectivity index (χ4v) is 2.46. The Morgan fingerprint density at radius 1 is 1.42 bits per heavy atom. The van der Waals surface area contributed by atoms with E-state index in [-0.39, 0.29) is 5.91 Å². The molecule has 0 saturated carbocycles. The predicted octanol–water partition coefficient (Wildman–Crippen LogP) is 3.77. The lowest BCUT2D eigenvalue weighted by Crippen LogP contribution is -2.26. The zero-order valence-corrected chi connectivity index (χ0v) is 12.6. The van der Waals surface area contributed by atoms with Gasteiger partial charge in [-0.1, -0.05) is 33.6 Å². The molecule has 98 valence electrons. The third-order valence-electron chi connectivity index (χ3n) is 2.65. The van der Waals surface area contributed by atoms with Crippen LogP contribution in [0.15, 0.2) is 47.2 Å². The molecule has 0 bridgehead atoms. The lowest BCUT2D eigenvalue weighted by atomic mass is 10.2. The third kappa shape index (κ3) is 3.55. The van der Waals surface area contributed by atoms with Crippen LogP contribution in [0.25, 0.3) is 0 Å². The Balaban J connectivity index is 2.15. The van der Waals surface area contributed by atoms with Crippen molar-refractivity contribution >= 4 is 33.4 Å². The highest BCUT2D eigenvalue weighted by Crippen LogP contribution is 2.22. The van der Waals surface area contributed by atoms with Gasteiger partial charge in [-0.25, -0.2) is 0 Å². The SMILES string of the molecule is CN(Cc1cccnc1)C(=O)c1ccc(Br)cc1Cl. The maximum atomic E-state index is 12.3. The van der Waals surface area contributed by atoms with Crippen molar-refractivity contribution in [1.82, 2.24) is 9.88 Å². The molecular weight excluding hydrogens is 328 g/mol. The summed E-state index contributed by atoms with van der Waals surface area (Å²) in [5.74, 6) is -0.110. The van der Waals surface area contributed by atoms with E-state index in [0.717, 1.165) is 10.0 Å². The lowest BCUT2D eigenvalue weighted by Gasteiger charge is -2.17. The summed E-state index contributed by atoms with van der Waals surface area (Å²) in [6.45, 7) is 0.499. The van der Waals surface area contributed by atoms with Crippen molar-refractivity contribution < 1.29 is 4.79 Å². The standard InChI is InChI=1S/C14H12BrClN2O/c1-18(9-10-3-2-6-17-8-10)14(19)12-5-4-11(15)7-13(12)16/h2-8H,9H2,1H3. The van der Waals surface area contributed by atoms with Crippen molar-refractivity contribution in [2.75, 3.05) is 7.05 Å². The molecule has 0 spiro atoms. The van der Waals surface area contributed by atoms with Crippen molar-refractivity contribution in [3.63, 3.8) is 0 Å². The van der Waals surface area contributed by atoms with E-state index in [0.29, 0.717) is 17.1 Å². The van der Waals surface area contributed by atoms with Gasteiger partial charge in [0.25, 0.3) is 5.91 Å². The number of hydrogen-bond acceptors (Lipinski definition) is 2. The molecule has 0 aliphatic heterocycles. The summed E-state index contributed by atoms with van der Waals surface area (Å²) in [4.78, 5) is 17.9. The molecule has 1 aromatic heterocycles. The number of rotatable bonds is 3. The van der Waals surface area contributed by atoms with Crippen LogP contribution in [0.1, 0.15) is 15.9 Å². The zero-order valence-electron chi connectivity index (χ0n) is 10.3. The molecule has 0 fully saturated rings. The molecular formula is C14H12BrClN2O. The number of pyridine rings is 1. The molecule has 0 saturated heterocycles. The number of carbonyl (C=O) groups excluding carboxylic acids is 1. The van der Waals surface area contributed by atoms with Crippen LogP contribution < -0.4 is 0 Å². The molecule has 5 heteroatoms. The van der Waals surface area contributed by atoms with E-state index in [2.05, 4.69) is 20.9 Å². The minimum atomic E-state index is -0.110. The minimum absolute atomic E-state index is 0.110. The quantitative estimate of drug-likeness (QED) is 0.853. The molecule has 3 nitrogen and oxygen atoms in total. The number of amides is 1. The van der Waals surface area contributed by atoms with E-state index in [1.807, 2.05) is 12.1 Å². The molecule has 0 atom stereocenters. The highest BCUT2D eigenvalue weighted by Gasteiger charge is 2.15. The maximum Gasteiger partial charge on any atom is 0.255 e. The van der Waals surface area contributed by atoms with Crippen LogP contribution in [0.3, 0.4) is 0 Å². The number of carbonyl (C=O) groups is 1. The second kappa shape index (κ2) is 6.17. The van der Waals surface area contributed by atoms with Gasteiger partial charge < -0.3 is 4.90 Å². The topological polar surface area (TPSA) is 33.2 Å². The summed E-state index contributed by atoms with van der Waals surface area (Å²) in [6.07, 6.45) is 3.45. The summed E-state index contributed by atoms with van der Waals surface area (Å²) >= 11 is 9.40. The van der Waals surface area contributed by atoms with Crippen LogP contribution in [0.5, 0.6) is 0 Å². The molecule has 0 N–H and O–H groups in total. The lowest BCUT2D eigenvalue weighted by molar-refractivity contribution is 0.0785. The normalized spacial score (nSPS) is 10.3. The average Bonchev–Trinajstić information content (AvgIpc) is 2.39. The van der Waals surface area contributed by atoms with Crippen molar-refractivity contribution in [3.05, 3.63) is 63.3 Å². The Hall–Kier alpha value is -1.39. The van der Waals surface area contributed by atoms with Crippen LogP contribution in [-0.4, -0.2) is 22.8 Å². The number of halogens is 2. The van der Waals surface area contributed by atoms with E-state index in [1.165, 1.54) is 0 Å². The summed E-state index contributed by atoms with van der Waals surface area (Å²) < 4.78 is 0.851. The second-order valence-corrected chi connectivity index (χ2v) is 5.47. The third-order valence-corrected chi connectivity index (χ3v) is 3.46. The molecule has 0 aliphatic rings. The first-order chi connectivity index (χ1) is 9.08. The summed E-state index contributed by atoms with van der Waals surface area (Å²) in [5.41, 5.74) is 1.47. The van der Waals surface area contributed by atoms with Crippen molar-refractivity contribution in [2.45, 2.75) is 6.54 Å². The average molecular weight is 340 g/mol. The summed E-state index contributed by atoms with van der Waals surface area (Å²) in [7, 11) is 1.74. The maximum absolute atomic E-state index is 12.3. The number of benzene rings is 1. The fraction of sp³-hybridized carbons (Fsp3) is 0.143. The molecule has 2 rings (SSSR count). The first kappa shape index (κ1) is 14.0. The first-order valence-corrected chi connectivity index (χ1v) is 6.84. The minimum Gasteiger partial charge on any atom is -0.337 e. The molecule has 19 heavy (non-hydrogen) atoms. The highest BCUT2D eigenvalue weighted by molar-refractivity contribution is 9.10. The van der Waals surface area contributed by atoms with Crippen molar-refractivity contribution in [1.29, 1.82) is 0 Å². The van der Waals surface area contributed by atoms with Gasteiger partial charge in [0.1, 0.15) is 0 Å². The Morgan fingerprint density at radius 2 is 2.21 bits per heavy atom. The molecule has 1 amide bonds. The Morgan fingerprint density at radius 3 is 2.84 bits per heavy atom. The Labute approximate surface area is 125 Å². The van der Waals surface area contributed by atoms with E-state index in [4.69, 9.17) is 11.6 Å². The van der Waals surface area contributed by atoms with Crippen molar-refractivity contribution in [3.8, 4) is 0 Å². The van der Waals surface area contributed by atoms with Crippen LogP contribution in [0.2, 0.25) is 5.02 Å². The highest BCUT2D eigenvalue weighted by atomic mass is 79.9. The van der Waals surface area contributed by atoms with Gasteiger partial charge in [0.05, 0.1) is 10.6 Å². The molecule has 1 aromatic carbocycles. The number of aromatic nitrogens is 1. The Kier molecular flexibility index (Phi) is 4.56. The molecule has 0 aliphatic carbocycles. The number of hydrogen-bond donors (Lipinski definition) is 0. The Bertz CT molecular complexity index is 589. The van der Waals surface area contributed by atoms with Gasteiger partial charge in [-0.3, -0.25) is 9.78 Å². The van der Waals surface area contributed by atoms with Gasteiger partial charge in [-0.05, 0) is 29.8 Å².